The lowest BCUT2D eigenvalue weighted by Crippen LogP contribution is -2.36. The fourth-order valence-corrected chi connectivity index (χ4v) is 4.44. The second-order valence-electron chi connectivity index (χ2n) is 9.21. The van der Waals surface area contributed by atoms with Gasteiger partial charge in [-0.15, -0.1) is 0 Å². The molecule has 0 aliphatic heterocycles. The third-order valence-corrected chi connectivity index (χ3v) is 5.68. The van der Waals surface area contributed by atoms with Gasteiger partial charge < -0.3 is 0 Å². The zero-order valence-corrected chi connectivity index (χ0v) is 17.5. The largest absolute Gasteiger partial charge is 0.241 e. The fraction of sp³-hybridized carbons (Fsp3) is 0.455. The van der Waals surface area contributed by atoms with Gasteiger partial charge in [0.15, 0.2) is 0 Å². The molecule has 26 heavy (non-hydrogen) atoms. The highest BCUT2D eigenvalue weighted by atomic mass is 32.2. The van der Waals surface area contributed by atoms with Gasteiger partial charge in [-0.3, -0.25) is 0 Å². The monoisotopic (exact) mass is 373 g/mol. The highest BCUT2D eigenvalue weighted by molar-refractivity contribution is 7.89. The molecule has 2 aromatic carbocycles. The predicted molar refractivity (Wildman–Crippen MR) is 109 cm³/mol. The van der Waals surface area contributed by atoms with Gasteiger partial charge in [-0.25, -0.2) is 13.1 Å². The van der Waals surface area contributed by atoms with Gasteiger partial charge in [-0.05, 0) is 40.5 Å². The van der Waals surface area contributed by atoms with Crippen LogP contribution in [0.5, 0.6) is 0 Å². The molecule has 3 nitrogen and oxygen atoms in total. The first-order valence-electron chi connectivity index (χ1n) is 9.05. The van der Waals surface area contributed by atoms with Crippen molar-refractivity contribution in [3.63, 3.8) is 0 Å². The average molecular weight is 374 g/mol. The second kappa shape index (κ2) is 7.53. The van der Waals surface area contributed by atoms with Crippen molar-refractivity contribution in [2.75, 3.05) is 0 Å². The van der Waals surface area contributed by atoms with Gasteiger partial charge in [0.1, 0.15) is 0 Å². The highest BCUT2D eigenvalue weighted by Gasteiger charge is 2.31. The molecule has 2 rings (SSSR count). The molecule has 0 spiro atoms. The van der Waals surface area contributed by atoms with E-state index in [1.807, 2.05) is 63.2 Å². The van der Waals surface area contributed by atoms with E-state index in [2.05, 4.69) is 25.5 Å². The van der Waals surface area contributed by atoms with Gasteiger partial charge in [0.05, 0.1) is 10.9 Å². The van der Waals surface area contributed by atoms with Crippen LogP contribution in [-0.4, -0.2) is 8.42 Å². The smallest absolute Gasteiger partial charge is 0.207 e. The summed E-state index contributed by atoms with van der Waals surface area (Å²) in [6, 6.07) is 16.7. The number of benzene rings is 2. The first kappa shape index (κ1) is 20.7. The van der Waals surface area contributed by atoms with Crippen LogP contribution < -0.4 is 4.72 Å². The summed E-state index contributed by atoms with van der Waals surface area (Å²) in [4.78, 5) is 0.306. The molecule has 0 saturated heterocycles. The van der Waals surface area contributed by atoms with Crippen LogP contribution in [0.3, 0.4) is 0 Å². The molecule has 1 N–H and O–H groups in total. The van der Waals surface area contributed by atoms with E-state index in [4.69, 9.17) is 0 Å². The Bertz CT molecular complexity index is 811. The first-order valence-corrected chi connectivity index (χ1v) is 10.5. The van der Waals surface area contributed by atoms with Crippen molar-refractivity contribution in [1.29, 1.82) is 0 Å². The van der Waals surface area contributed by atoms with Gasteiger partial charge in [0.2, 0.25) is 10.0 Å². The summed E-state index contributed by atoms with van der Waals surface area (Å²) in [6.45, 7) is 12.6. The lowest BCUT2D eigenvalue weighted by Gasteiger charge is -2.31. The molecule has 0 bridgehead atoms. The number of rotatable bonds is 5. The summed E-state index contributed by atoms with van der Waals surface area (Å²) in [5.74, 6) is 0. The second-order valence-corrected chi connectivity index (χ2v) is 10.9. The lowest BCUT2D eigenvalue weighted by atomic mass is 9.83. The Morgan fingerprint density at radius 2 is 1.38 bits per heavy atom. The van der Waals surface area contributed by atoms with E-state index >= 15 is 0 Å². The topological polar surface area (TPSA) is 46.2 Å². The fourth-order valence-electron chi connectivity index (χ4n) is 3.01. The molecule has 0 aromatic heterocycles. The van der Waals surface area contributed by atoms with Crippen molar-refractivity contribution in [3.05, 3.63) is 65.7 Å². The zero-order chi connectivity index (χ0) is 19.6. The molecule has 0 saturated carbocycles. The Balaban J connectivity index is 2.28. The van der Waals surface area contributed by atoms with E-state index in [1.54, 1.807) is 12.1 Å². The van der Waals surface area contributed by atoms with E-state index in [1.165, 1.54) is 0 Å². The molecule has 4 heteroatoms. The third-order valence-electron chi connectivity index (χ3n) is 4.24. The van der Waals surface area contributed by atoms with Gasteiger partial charge in [0, 0.05) is 0 Å². The number of sulfonamides is 1. The van der Waals surface area contributed by atoms with Crippen LogP contribution in [0.1, 0.15) is 58.7 Å². The molecule has 142 valence electrons. The summed E-state index contributed by atoms with van der Waals surface area (Å²) in [5.41, 5.74) is 2.03. The van der Waals surface area contributed by atoms with Crippen molar-refractivity contribution >= 4 is 10.0 Å². The Morgan fingerprint density at radius 1 is 0.846 bits per heavy atom. The van der Waals surface area contributed by atoms with E-state index in [-0.39, 0.29) is 16.9 Å². The molecule has 0 radical (unpaired) electrons. The molecule has 1 atom stereocenters. The van der Waals surface area contributed by atoms with Gasteiger partial charge in [-0.2, -0.15) is 0 Å². The molecular weight excluding hydrogens is 342 g/mol. The molecular formula is C22H31NO2S. The summed E-state index contributed by atoms with van der Waals surface area (Å²) < 4.78 is 28.8. The van der Waals surface area contributed by atoms with Gasteiger partial charge >= 0.3 is 0 Å². The molecule has 0 aliphatic rings. The van der Waals surface area contributed by atoms with Crippen molar-refractivity contribution in [1.82, 2.24) is 4.72 Å². The maximum absolute atomic E-state index is 12.9. The van der Waals surface area contributed by atoms with E-state index < -0.39 is 10.0 Å². The van der Waals surface area contributed by atoms with Gasteiger partial charge in [-0.1, -0.05) is 84.0 Å². The zero-order valence-electron chi connectivity index (χ0n) is 16.7. The first-order chi connectivity index (χ1) is 11.9. The SMILES string of the molecule is CC(C)(C)Cc1ccc(S(=O)(=O)NC(c2ccccc2)C(C)(C)C)cc1. The maximum atomic E-state index is 12.9. The lowest BCUT2D eigenvalue weighted by molar-refractivity contribution is 0.304. The van der Waals surface area contributed by atoms with Gasteiger partial charge in [0.25, 0.3) is 0 Å². The number of hydrogen-bond donors (Lipinski definition) is 1. The molecule has 0 fully saturated rings. The van der Waals surface area contributed by atoms with Crippen LogP contribution in [0, 0.1) is 10.8 Å². The third kappa shape index (κ3) is 5.68. The molecule has 1 unspecified atom stereocenters. The predicted octanol–water partition coefficient (Wildman–Crippen LogP) is 5.34. The van der Waals surface area contributed by atoms with E-state index in [0.29, 0.717) is 4.90 Å². The van der Waals surface area contributed by atoms with Crippen LogP contribution in [0.25, 0.3) is 0 Å². The summed E-state index contributed by atoms with van der Waals surface area (Å²) >= 11 is 0. The minimum Gasteiger partial charge on any atom is -0.207 e. The van der Waals surface area contributed by atoms with E-state index in [9.17, 15) is 8.42 Å². The van der Waals surface area contributed by atoms with Crippen LogP contribution >= 0.6 is 0 Å². The summed E-state index contributed by atoms with van der Waals surface area (Å²) in [7, 11) is -3.60. The van der Waals surface area contributed by atoms with Crippen molar-refractivity contribution in [2.24, 2.45) is 10.8 Å². The highest BCUT2D eigenvalue weighted by Crippen LogP contribution is 2.34. The van der Waals surface area contributed by atoms with Crippen LogP contribution in [0.15, 0.2) is 59.5 Å². The van der Waals surface area contributed by atoms with Crippen LogP contribution in [0.4, 0.5) is 0 Å². The Kier molecular flexibility index (Phi) is 5.99. The maximum Gasteiger partial charge on any atom is 0.241 e. The Morgan fingerprint density at radius 3 is 1.85 bits per heavy atom. The number of hydrogen-bond acceptors (Lipinski definition) is 2. The number of nitrogens with one attached hydrogen (secondary N) is 1. The van der Waals surface area contributed by atoms with Crippen molar-refractivity contribution in [3.8, 4) is 0 Å². The summed E-state index contributed by atoms with van der Waals surface area (Å²) in [5, 5.41) is 0. The quantitative estimate of drug-likeness (QED) is 0.769. The van der Waals surface area contributed by atoms with E-state index in [0.717, 1.165) is 17.5 Å². The van der Waals surface area contributed by atoms with Crippen LogP contribution in [0.2, 0.25) is 0 Å². The normalized spacial score (nSPS) is 14.2. The standard InChI is InChI=1S/C22H31NO2S/c1-21(2,3)16-17-12-14-19(15-13-17)26(24,25)23-20(22(4,5)6)18-10-8-7-9-11-18/h7-15,20,23H,16H2,1-6H3. The molecule has 0 aliphatic carbocycles. The van der Waals surface area contributed by atoms with Crippen molar-refractivity contribution in [2.45, 2.75) is 58.9 Å². The van der Waals surface area contributed by atoms with Crippen molar-refractivity contribution < 1.29 is 8.42 Å². The average Bonchev–Trinajstić information content (AvgIpc) is 2.51. The Labute approximate surface area is 158 Å². The Hall–Kier alpha value is -1.65. The minimum absolute atomic E-state index is 0.170. The minimum atomic E-state index is -3.60. The summed E-state index contributed by atoms with van der Waals surface area (Å²) in [6.07, 6.45) is 0.912. The molecule has 0 amide bonds. The molecule has 0 heterocycles. The van der Waals surface area contributed by atoms with Crippen LogP contribution in [-0.2, 0) is 16.4 Å². The molecule has 2 aromatic rings.